The smallest absolute Gasteiger partial charge is 0.267 e. The highest BCUT2D eigenvalue weighted by Crippen LogP contribution is 2.18. The van der Waals surface area contributed by atoms with E-state index in [1.54, 1.807) is 12.1 Å². The molecule has 26 heavy (non-hydrogen) atoms. The summed E-state index contributed by atoms with van der Waals surface area (Å²) in [5.41, 5.74) is 0.925. The van der Waals surface area contributed by atoms with Gasteiger partial charge in [0.05, 0.1) is 0 Å². The van der Waals surface area contributed by atoms with E-state index in [2.05, 4.69) is 38.9 Å². The van der Waals surface area contributed by atoms with Crippen LogP contribution in [0.5, 0.6) is 0 Å². The van der Waals surface area contributed by atoms with Crippen LogP contribution in [-0.2, 0) is 11.3 Å². The summed E-state index contributed by atoms with van der Waals surface area (Å²) in [6.07, 6.45) is 1.59. The molecule has 0 spiro atoms. The first-order chi connectivity index (χ1) is 12.7. The second kappa shape index (κ2) is 8.33. The van der Waals surface area contributed by atoms with E-state index in [9.17, 15) is 9.59 Å². The third-order valence-corrected chi connectivity index (χ3v) is 4.31. The van der Waals surface area contributed by atoms with Gasteiger partial charge >= 0.3 is 0 Å². The van der Waals surface area contributed by atoms with Crippen molar-refractivity contribution in [3.8, 4) is 0 Å². The minimum atomic E-state index is -0.287. The van der Waals surface area contributed by atoms with Gasteiger partial charge in [-0.1, -0.05) is 24.3 Å². The highest BCUT2D eigenvalue weighted by atomic mass is 16.2. The van der Waals surface area contributed by atoms with Crippen molar-refractivity contribution in [1.29, 1.82) is 0 Å². The average Bonchev–Trinajstić information content (AvgIpc) is 2.69. The molecular formula is C19H23N5O2. The number of anilines is 2. The maximum absolute atomic E-state index is 12.0. The summed E-state index contributed by atoms with van der Waals surface area (Å²) >= 11 is 0. The van der Waals surface area contributed by atoms with E-state index in [1.807, 2.05) is 18.2 Å². The van der Waals surface area contributed by atoms with Gasteiger partial charge in [0, 0.05) is 44.5 Å². The third kappa shape index (κ3) is 4.30. The fourth-order valence-electron chi connectivity index (χ4n) is 2.93. The van der Waals surface area contributed by atoms with Crippen LogP contribution in [-0.4, -0.2) is 48.4 Å². The Kier molecular flexibility index (Phi) is 5.68. The van der Waals surface area contributed by atoms with Gasteiger partial charge in [-0.2, -0.15) is 5.10 Å². The van der Waals surface area contributed by atoms with Crippen molar-refractivity contribution in [2.24, 2.45) is 0 Å². The predicted molar refractivity (Wildman–Crippen MR) is 103 cm³/mol. The van der Waals surface area contributed by atoms with Crippen molar-refractivity contribution in [3.63, 3.8) is 0 Å². The third-order valence-electron chi connectivity index (χ3n) is 4.31. The number of amides is 1. The fourth-order valence-corrected chi connectivity index (χ4v) is 2.93. The lowest BCUT2D eigenvalue weighted by Crippen LogP contribution is -2.47. The molecule has 0 radical (unpaired) electrons. The van der Waals surface area contributed by atoms with Crippen LogP contribution in [0.1, 0.15) is 0 Å². The maximum Gasteiger partial charge on any atom is 0.267 e. The van der Waals surface area contributed by atoms with Crippen LogP contribution < -0.4 is 20.7 Å². The second-order valence-corrected chi connectivity index (χ2v) is 6.09. The Labute approximate surface area is 152 Å². The number of piperazine rings is 1. The lowest BCUT2D eigenvalue weighted by atomic mass is 10.2. The minimum absolute atomic E-state index is 0.0928. The molecular weight excluding hydrogens is 330 g/mol. The van der Waals surface area contributed by atoms with Crippen LogP contribution in [0.15, 0.2) is 59.9 Å². The quantitative estimate of drug-likeness (QED) is 0.781. The molecule has 1 aliphatic rings. The van der Waals surface area contributed by atoms with Gasteiger partial charge in [-0.15, -0.1) is 6.58 Å². The molecule has 136 valence electrons. The summed E-state index contributed by atoms with van der Waals surface area (Å²) < 4.78 is 1.21. The standard InChI is InChI=1S/C19H23N5O2/c1-2-10-20-18(25)15-24-19(26)9-8-17(21-24)23-13-11-22(12-14-23)16-6-4-3-5-7-16/h2-9H,1,10-15H2,(H,20,25). The summed E-state index contributed by atoms with van der Waals surface area (Å²) in [5, 5.41) is 7.02. The largest absolute Gasteiger partial charge is 0.368 e. The van der Waals surface area contributed by atoms with Gasteiger partial charge in [0.25, 0.3) is 5.56 Å². The van der Waals surface area contributed by atoms with E-state index in [0.717, 1.165) is 26.2 Å². The number of carbonyl (C=O) groups excluding carboxylic acids is 1. The van der Waals surface area contributed by atoms with Crippen LogP contribution in [0.3, 0.4) is 0 Å². The van der Waals surface area contributed by atoms with Gasteiger partial charge in [0.2, 0.25) is 5.91 Å². The van der Waals surface area contributed by atoms with Crippen LogP contribution in [0.2, 0.25) is 0 Å². The van der Waals surface area contributed by atoms with Crippen molar-refractivity contribution in [2.75, 3.05) is 42.5 Å². The first kappa shape index (κ1) is 17.7. The molecule has 1 saturated heterocycles. The molecule has 7 heteroatoms. The van der Waals surface area contributed by atoms with Crippen LogP contribution in [0.4, 0.5) is 11.5 Å². The molecule has 0 unspecified atom stereocenters. The van der Waals surface area contributed by atoms with Gasteiger partial charge in [-0.3, -0.25) is 9.59 Å². The number of aromatic nitrogens is 2. The molecule has 0 atom stereocenters. The molecule has 1 aliphatic heterocycles. The molecule has 1 aromatic heterocycles. The van der Waals surface area contributed by atoms with Gasteiger partial charge in [-0.05, 0) is 18.2 Å². The van der Waals surface area contributed by atoms with E-state index in [0.29, 0.717) is 12.4 Å². The zero-order valence-electron chi connectivity index (χ0n) is 14.7. The normalized spacial score (nSPS) is 14.2. The number of para-hydroxylation sites is 1. The van der Waals surface area contributed by atoms with Crippen LogP contribution in [0.25, 0.3) is 0 Å². The number of nitrogens with zero attached hydrogens (tertiary/aromatic N) is 4. The molecule has 1 aromatic carbocycles. The SMILES string of the molecule is C=CCNC(=O)Cn1nc(N2CCN(c3ccccc3)CC2)ccc1=O. The van der Waals surface area contributed by atoms with Crippen molar-refractivity contribution in [1.82, 2.24) is 15.1 Å². The van der Waals surface area contributed by atoms with E-state index in [-0.39, 0.29) is 18.0 Å². The lowest BCUT2D eigenvalue weighted by molar-refractivity contribution is -0.121. The molecule has 1 N–H and O–H groups in total. The van der Waals surface area contributed by atoms with E-state index in [1.165, 1.54) is 16.4 Å². The number of hydrogen-bond donors (Lipinski definition) is 1. The lowest BCUT2D eigenvalue weighted by Gasteiger charge is -2.36. The number of nitrogens with one attached hydrogen (secondary N) is 1. The summed E-state index contributed by atoms with van der Waals surface area (Å²) in [6.45, 7) is 7.20. The molecule has 0 bridgehead atoms. The number of rotatable bonds is 6. The Balaban J connectivity index is 1.65. The van der Waals surface area contributed by atoms with Gasteiger partial charge in [-0.25, -0.2) is 4.68 Å². The Morgan fingerprint density at radius 2 is 1.77 bits per heavy atom. The number of carbonyl (C=O) groups is 1. The number of benzene rings is 1. The molecule has 0 saturated carbocycles. The summed E-state index contributed by atoms with van der Waals surface area (Å²) in [6, 6.07) is 13.5. The minimum Gasteiger partial charge on any atom is -0.368 e. The van der Waals surface area contributed by atoms with Crippen molar-refractivity contribution in [2.45, 2.75) is 6.54 Å². The topological polar surface area (TPSA) is 70.5 Å². The van der Waals surface area contributed by atoms with Crippen LogP contribution >= 0.6 is 0 Å². The Hall–Kier alpha value is -3.09. The highest BCUT2D eigenvalue weighted by Gasteiger charge is 2.19. The summed E-state index contributed by atoms with van der Waals surface area (Å²) in [7, 11) is 0. The second-order valence-electron chi connectivity index (χ2n) is 6.09. The molecule has 1 amide bonds. The molecule has 2 aromatic rings. The molecule has 3 rings (SSSR count). The summed E-state index contributed by atoms with van der Waals surface area (Å²) in [4.78, 5) is 28.3. The van der Waals surface area contributed by atoms with E-state index in [4.69, 9.17) is 0 Å². The average molecular weight is 353 g/mol. The Bertz CT molecular complexity index is 810. The highest BCUT2D eigenvalue weighted by molar-refractivity contribution is 5.75. The van der Waals surface area contributed by atoms with Gasteiger partial charge in [0.15, 0.2) is 0 Å². The zero-order valence-corrected chi connectivity index (χ0v) is 14.7. The van der Waals surface area contributed by atoms with Crippen LogP contribution in [0, 0.1) is 0 Å². The molecule has 1 fully saturated rings. The summed E-state index contributed by atoms with van der Waals surface area (Å²) in [5.74, 6) is 0.458. The number of hydrogen-bond acceptors (Lipinski definition) is 5. The molecule has 7 nitrogen and oxygen atoms in total. The van der Waals surface area contributed by atoms with Gasteiger partial charge in [0.1, 0.15) is 12.4 Å². The van der Waals surface area contributed by atoms with E-state index < -0.39 is 0 Å². The Morgan fingerprint density at radius 3 is 2.46 bits per heavy atom. The van der Waals surface area contributed by atoms with Crippen molar-refractivity contribution >= 4 is 17.4 Å². The predicted octanol–water partition coefficient (Wildman–Crippen LogP) is 0.872. The van der Waals surface area contributed by atoms with Gasteiger partial charge < -0.3 is 15.1 Å². The monoisotopic (exact) mass is 353 g/mol. The zero-order chi connectivity index (χ0) is 18.4. The van der Waals surface area contributed by atoms with E-state index >= 15 is 0 Å². The van der Waals surface area contributed by atoms with Crippen molar-refractivity contribution < 1.29 is 4.79 Å². The Morgan fingerprint density at radius 1 is 1.08 bits per heavy atom. The molecule has 0 aliphatic carbocycles. The fraction of sp³-hybridized carbons (Fsp3) is 0.316. The molecule has 2 heterocycles. The first-order valence-corrected chi connectivity index (χ1v) is 8.68. The maximum atomic E-state index is 12.0. The van der Waals surface area contributed by atoms with Crippen molar-refractivity contribution in [3.05, 3.63) is 65.5 Å². The first-order valence-electron chi connectivity index (χ1n) is 8.68.